The van der Waals surface area contributed by atoms with Gasteiger partial charge in [0.05, 0.1) is 11.8 Å². The van der Waals surface area contributed by atoms with Crippen LogP contribution in [0.4, 0.5) is 4.39 Å². The maximum absolute atomic E-state index is 13.2. The smallest absolute Gasteiger partial charge is 0.123 e. The Morgan fingerprint density at radius 2 is 1.92 bits per heavy atom. The molecule has 4 nitrogen and oxygen atoms in total. The van der Waals surface area contributed by atoms with Crippen LogP contribution >= 0.6 is 0 Å². The number of β-amino-alcohol motifs (C(OH)–C–C–N with tert-alkyl or cyclic N) is 1. The van der Waals surface area contributed by atoms with Gasteiger partial charge in [0.1, 0.15) is 5.82 Å². The number of likely N-dealkylation sites (tertiary alicyclic amines) is 1. The molecular weight excluding hydrogens is 305 g/mol. The molecule has 1 aromatic heterocycles. The van der Waals surface area contributed by atoms with Crippen LogP contribution < -0.4 is 0 Å². The number of aromatic nitrogens is 2. The molecule has 1 aromatic carbocycles. The standard InChI is InChI=1S/C19H26FN3O/c1-4-17-16(18(5-2)22(3)21-17)12-23-11-15(24)10-19(23)13-6-8-14(20)9-7-13/h6-9,15,19,24H,4-5,10-12H2,1-3H3/t15-,19-/m0/s1. The van der Waals surface area contributed by atoms with Gasteiger partial charge in [0.2, 0.25) is 0 Å². The van der Waals surface area contributed by atoms with E-state index in [0.717, 1.165) is 30.6 Å². The van der Waals surface area contributed by atoms with E-state index in [4.69, 9.17) is 0 Å². The van der Waals surface area contributed by atoms with E-state index in [9.17, 15) is 9.50 Å². The van der Waals surface area contributed by atoms with Gasteiger partial charge in [-0.25, -0.2) is 4.39 Å². The predicted octanol–water partition coefficient (Wildman–Crippen LogP) is 2.99. The fraction of sp³-hybridized carbons (Fsp3) is 0.526. The van der Waals surface area contributed by atoms with Crippen molar-refractivity contribution in [2.75, 3.05) is 6.54 Å². The first-order valence-electron chi connectivity index (χ1n) is 8.74. The van der Waals surface area contributed by atoms with Crippen LogP contribution in [0.3, 0.4) is 0 Å². The Kier molecular flexibility index (Phi) is 5.01. The molecule has 1 fully saturated rings. The Labute approximate surface area is 142 Å². The summed E-state index contributed by atoms with van der Waals surface area (Å²) < 4.78 is 15.2. The van der Waals surface area contributed by atoms with E-state index < -0.39 is 0 Å². The van der Waals surface area contributed by atoms with Gasteiger partial charge in [-0.2, -0.15) is 5.10 Å². The highest BCUT2D eigenvalue weighted by molar-refractivity contribution is 5.28. The quantitative estimate of drug-likeness (QED) is 0.916. The first-order valence-corrected chi connectivity index (χ1v) is 8.74. The number of hydrogen-bond acceptors (Lipinski definition) is 3. The molecule has 2 atom stereocenters. The van der Waals surface area contributed by atoms with E-state index in [1.807, 2.05) is 23.9 Å². The Balaban J connectivity index is 1.89. The second-order valence-electron chi connectivity index (χ2n) is 6.59. The second kappa shape index (κ2) is 7.03. The number of aliphatic hydroxyl groups is 1. The summed E-state index contributed by atoms with van der Waals surface area (Å²) in [7, 11) is 2.00. The van der Waals surface area contributed by atoms with E-state index in [2.05, 4.69) is 23.8 Å². The van der Waals surface area contributed by atoms with Crippen LogP contribution in [0.5, 0.6) is 0 Å². The monoisotopic (exact) mass is 331 g/mol. The molecule has 0 spiro atoms. The topological polar surface area (TPSA) is 41.3 Å². The Hall–Kier alpha value is -1.72. The predicted molar refractivity (Wildman–Crippen MR) is 92.1 cm³/mol. The Bertz CT molecular complexity index is 695. The summed E-state index contributed by atoms with van der Waals surface area (Å²) in [6.45, 7) is 5.69. The number of aliphatic hydroxyl groups excluding tert-OH is 1. The van der Waals surface area contributed by atoms with Crippen LogP contribution in [-0.2, 0) is 26.4 Å². The lowest BCUT2D eigenvalue weighted by Gasteiger charge is -2.25. The zero-order chi connectivity index (χ0) is 17.3. The third kappa shape index (κ3) is 3.23. The fourth-order valence-corrected chi connectivity index (χ4v) is 3.86. The summed E-state index contributed by atoms with van der Waals surface area (Å²) in [5, 5.41) is 14.8. The number of halogens is 1. The fourth-order valence-electron chi connectivity index (χ4n) is 3.86. The van der Waals surface area contributed by atoms with Crippen molar-refractivity contribution in [1.82, 2.24) is 14.7 Å². The van der Waals surface area contributed by atoms with E-state index in [0.29, 0.717) is 13.0 Å². The zero-order valence-electron chi connectivity index (χ0n) is 14.7. The van der Waals surface area contributed by atoms with Crippen molar-refractivity contribution in [3.8, 4) is 0 Å². The van der Waals surface area contributed by atoms with Crippen LogP contribution in [0, 0.1) is 5.82 Å². The van der Waals surface area contributed by atoms with Gasteiger partial charge in [-0.3, -0.25) is 9.58 Å². The molecule has 0 amide bonds. The van der Waals surface area contributed by atoms with Crippen LogP contribution in [0.2, 0.25) is 0 Å². The molecular formula is C19H26FN3O. The Morgan fingerprint density at radius 3 is 2.54 bits per heavy atom. The van der Waals surface area contributed by atoms with Crippen LogP contribution in [0.1, 0.15) is 48.8 Å². The summed E-state index contributed by atoms with van der Waals surface area (Å²) in [4.78, 5) is 2.30. The molecule has 24 heavy (non-hydrogen) atoms. The molecule has 0 radical (unpaired) electrons. The third-order valence-corrected chi connectivity index (χ3v) is 5.03. The molecule has 1 aliphatic rings. The largest absolute Gasteiger partial charge is 0.392 e. The first-order chi connectivity index (χ1) is 11.5. The number of rotatable bonds is 5. The van der Waals surface area contributed by atoms with Gasteiger partial charge in [0.15, 0.2) is 0 Å². The summed E-state index contributed by atoms with van der Waals surface area (Å²) >= 11 is 0. The number of nitrogens with zero attached hydrogens (tertiary/aromatic N) is 3. The maximum atomic E-state index is 13.2. The van der Waals surface area contributed by atoms with E-state index >= 15 is 0 Å². The van der Waals surface area contributed by atoms with Crippen molar-refractivity contribution >= 4 is 0 Å². The van der Waals surface area contributed by atoms with Crippen molar-refractivity contribution in [1.29, 1.82) is 0 Å². The molecule has 0 aliphatic carbocycles. The number of aryl methyl sites for hydroxylation is 2. The first kappa shape index (κ1) is 17.1. The highest BCUT2D eigenvalue weighted by Crippen LogP contribution is 2.34. The average molecular weight is 331 g/mol. The van der Waals surface area contributed by atoms with Crippen LogP contribution in [0.25, 0.3) is 0 Å². The lowest BCUT2D eigenvalue weighted by Crippen LogP contribution is -2.25. The minimum absolute atomic E-state index is 0.121. The van der Waals surface area contributed by atoms with Gasteiger partial charge in [-0.05, 0) is 37.0 Å². The minimum Gasteiger partial charge on any atom is -0.392 e. The van der Waals surface area contributed by atoms with Crippen molar-refractivity contribution < 1.29 is 9.50 Å². The molecule has 5 heteroatoms. The van der Waals surface area contributed by atoms with Gasteiger partial charge >= 0.3 is 0 Å². The molecule has 1 saturated heterocycles. The highest BCUT2D eigenvalue weighted by Gasteiger charge is 2.33. The summed E-state index contributed by atoms with van der Waals surface area (Å²) in [6.07, 6.45) is 2.19. The van der Waals surface area contributed by atoms with Gasteiger partial charge in [0.25, 0.3) is 0 Å². The molecule has 0 saturated carbocycles. The molecule has 1 aliphatic heterocycles. The molecule has 2 heterocycles. The van der Waals surface area contributed by atoms with Gasteiger partial charge in [-0.1, -0.05) is 26.0 Å². The van der Waals surface area contributed by atoms with Crippen LogP contribution in [0.15, 0.2) is 24.3 Å². The lowest BCUT2D eigenvalue weighted by atomic mass is 10.0. The van der Waals surface area contributed by atoms with E-state index in [1.54, 1.807) is 0 Å². The molecule has 0 unspecified atom stereocenters. The van der Waals surface area contributed by atoms with Crippen molar-refractivity contribution in [3.63, 3.8) is 0 Å². The summed E-state index contributed by atoms with van der Waals surface area (Å²) in [6, 6.07) is 6.77. The lowest BCUT2D eigenvalue weighted by molar-refractivity contribution is 0.172. The third-order valence-electron chi connectivity index (χ3n) is 5.03. The molecule has 2 aromatic rings. The second-order valence-corrected chi connectivity index (χ2v) is 6.59. The molecule has 3 rings (SSSR count). The normalized spacial score (nSPS) is 21.5. The molecule has 0 bridgehead atoms. The van der Waals surface area contributed by atoms with Crippen molar-refractivity contribution in [2.24, 2.45) is 7.05 Å². The SMILES string of the molecule is CCc1nn(C)c(CC)c1CN1C[C@@H](O)C[C@H]1c1ccc(F)cc1. The zero-order valence-corrected chi connectivity index (χ0v) is 14.7. The molecule has 130 valence electrons. The van der Waals surface area contributed by atoms with Crippen LogP contribution in [-0.4, -0.2) is 32.4 Å². The number of benzene rings is 1. The average Bonchev–Trinajstić information content (AvgIpc) is 3.08. The highest BCUT2D eigenvalue weighted by atomic mass is 19.1. The van der Waals surface area contributed by atoms with Crippen molar-refractivity contribution in [2.45, 2.75) is 51.8 Å². The summed E-state index contributed by atoms with van der Waals surface area (Å²) in [5.74, 6) is -0.224. The minimum atomic E-state index is -0.341. The molecule has 1 N–H and O–H groups in total. The summed E-state index contributed by atoms with van der Waals surface area (Å²) in [5.41, 5.74) is 4.73. The van der Waals surface area contributed by atoms with E-state index in [1.165, 1.54) is 23.4 Å². The van der Waals surface area contributed by atoms with E-state index in [-0.39, 0.29) is 18.0 Å². The maximum Gasteiger partial charge on any atom is 0.123 e. The van der Waals surface area contributed by atoms with Gasteiger partial charge < -0.3 is 5.11 Å². The van der Waals surface area contributed by atoms with Gasteiger partial charge in [-0.15, -0.1) is 0 Å². The van der Waals surface area contributed by atoms with Crippen molar-refractivity contribution in [3.05, 3.63) is 52.6 Å². The van der Waals surface area contributed by atoms with Gasteiger partial charge in [0, 0.05) is 37.4 Å². The number of hydrogen-bond donors (Lipinski definition) is 1. The Morgan fingerprint density at radius 1 is 1.21 bits per heavy atom.